The van der Waals surface area contributed by atoms with Crippen LogP contribution >= 0.6 is 0 Å². The summed E-state index contributed by atoms with van der Waals surface area (Å²) in [6.07, 6.45) is 2.43. The maximum atomic E-state index is 4.73. The third-order valence-corrected chi connectivity index (χ3v) is 2.19. The number of hydrogen-bond acceptors (Lipinski definition) is 3. The van der Waals surface area contributed by atoms with Gasteiger partial charge in [-0.15, -0.1) is 0 Å². The molecule has 3 heteroatoms. The second-order valence-electron chi connectivity index (χ2n) is 4.05. The summed E-state index contributed by atoms with van der Waals surface area (Å²) in [5.41, 5.74) is 2.33. The molecule has 1 heterocycles. The van der Waals surface area contributed by atoms with Gasteiger partial charge in [0.15, 0.2) is 0 Å². The van der Waals surface area contributed by atoms with Crippen molar-refractivity contribution < 1.29 is 4.52 Å². The number of benzene rings is 1. The zero-order valence-electron chi connectivity index (χ0n) is 8.97. The highest BCUT2D eigenvalue weighted by molar-refractivity contribution is 5.55. The van der Waals surface area contributed by atoms with Crippen molar-refractivity contribution in [3.05, 3.63) is 36.2 Å². The van der Waals surface area contributed by atoms with E-state index in [1.165, 1.54) is 12.0 Å². The van der Waals surface area contributed by atoms with Gasteiger partial charge in [0.1, 0.15) is 0 Å². The van der Waals surface area contributed by atoms with Crippen molar-refractivity contribution in [2.24, 2.45) is 5.92 Å². The Morgan fingerprint density at radius 1 is 1.33 bits per heavy atom. The van der Waals surface area contributed by atoms with Crippen LogP contribution in [0.4, 0.5) is 0 Å². The Morgan fingerprint density at radius 3 is 2.87 bits per heavy atom. The van der Waals surface area contributed by atoms with Gasteiger partial charge in [-0.25, -0.2) is 0 Å². The fourth-order valence-corrected chi connectivity index (χ4v) is 1.61. The van der Waals surface area contributed by atoms with Gasteiger partial charge in [-0.3, -0.25) is 0 Å². The summed E-state index contributed by atoms with van der Waals surface area (Å²) >= 11 is 0. The van der Waals surface area contributed by atoms with E-state index in [1.54, 1.807) is 0 Å². The van der Waals surface area contributed by atoms with Crippen LogP contribution in [-0.4, -0.2) is 10.1 Å². The van der Waals surface area contributed by atoms with Crippen molar-refractivity contribution in [3.63, 3.8) is 0 Å². The topological polar surface area (TPSA) is 38.9 Å². The summed E-state index contributed by atoms with van der Waals surface area (Å²) in [5, 5.41) is 3.82. The first-order chi connectivity index (χ1) is 7.25. The molecular formula is C12H14N2O. The van der Waals surface area contributed by atoms with E-state index in [4.69, 9.17) is 4.52 Å². The Hall–Kier alpha value is -1.64. The Labute approximate surface area is 89.1 Å². The van der Waals surface area contributed by atoms with E-state index in [2.05, 4.69) is 36.1 Å². The minimum absolute atomic E-state index is 0.653. The van der Waals surface area contributed by atoms with Crippen LogP contribution in [0.25, 0.3) is 11.4 Å². The molecule has 2 aromatic rings. The molecule has 0 amide bonds. The van der Waals surface area contributed by atoms with Crippen LogP contribution in [0.1, 0.15) is 19.4 Å². The minimum atomic E-state index is 0.653. The summed E-state index contributed by atoms with van der Waals surface area (Å²) in [6, 6.07) is 8.27. The summed E-state index contributed by atoms with van der Waals surface area (Å²) in [5.74, 6) is 1.31. The van der Waals surface area contributed by atoms with Gasteiger partial charge in [-0.05, 0) is 24.0 Å². The first-order valence-electron chi connectivity index (χ1n) is 5.11. The average molecular weight is 202 g/mol. The van der Waals surface area contributed by atoms with Gasteiger partial charge >= 0.3 is 0 Å². The van der Waals surface area contributed by atoms with E-state index in [0.717, 1.165) is 12.0 Å². The van der Waals surface area contributed by atoms with Crippen LogP contribution in [0.2, 0.25) is 0 Å². The predicted molar refractivity (Wildman–Crippen MR) is 58.3 cm³/mol. The molecule has 0 bridgehead atoms. The Kier molecular flexibility index (Phi) is 2.81. The van der Waals surface area contributed by atoms with Crippen LogP contribution < -0.4 is 0 Å². The Balaban J connectivity index is 2.27. The lowest BCUT2D eigenvalue weighted by molar-refractivity contribution is 0.419. The molecule has 0 fully saturated rings. The smallest absolute Gasteiger partial charge is 0.214 e. The summed E-state index contributed by atoms with van der Waals surface area (Å²) in [6.45, 7) is 4.42. The molecule has 3 nitrogen and oxygen atoms in total. The molecule has 0 saturated heterocycles. The summed E-state index contributed by atoms with van der Waals surface area (Å²) in [7, 11) is 0. The van der Waals surface area contributed by atoms with Gasteiger partial charge in [0.25, 0.3) is 0 Å². The lowest BCUT2D eigenvalue weighted by Gasteiger charge is -2.05. The third kappa shape index (κ3) is 2.43. The van der Waals surface area contributed by atoms with E-state index in [0.29, 0.717) is 11.7 Å². The molecule has 0 unspecified atom stereocenters. The van der Waals surface area contributed by atoms with Crippen LogP contribution in [-0.2, 0) is 6.42 Å². The molecule has 2 rings (SSSR count). The second-order valence-corrected chi connectivity index (χ2v) is 4.05. The molecule has 0 aliphatic heterocycles. The fraction of sp³-hybridized carbons (Fsp3) is 0.333. The van der Waals surface area contributed by atoms with E-state index in [1.807, 2.05) is 12.1 Å². The monoisotopic (exact) mass is 202 g/mol. The maximum Gasteiger partial charge on any atom is 0.214 e. The lowest BCUT2D eigenvalue weighted by atomic mass is 10.0. The van der Waals surface area contributed by atoms with Crippen molar-refractivity contribution in [1.82, 2.24) is 10.1 Å². The van der Waals surface area contributed by atoms with Crippen molar-refractivity contribution in [2.45, 2.75) is 20.3 Å². The molecule has 0 aliphatic rings. The van der Waals surface area contributed by atoms with Crippen LogP contribution in [0.15, 0.2) is 35.2 Å². The predicted octanol–water partition coefficient (Wildman–Crippen LogP) is 2.94. The number of rotatable bonds is 3. The molecule has 0 aliphatic carbocycles. The van der Waals surface area contributed by atoms with Crippen LogP contribution in [0.5, 0.6) is 0 Å². The number of nitrogens with zero attached hydrogens (tertiary/aromatic N) is 2. The largest absolute Gasteiger partial charge is 0.342 e. The van der Waals surface area contributed by atoms with Gasteiger partial charge in [0, 0.05) is 5.56 Å². The normalized spacial score (nSPS) is 10.9. The summed E-state index contributed by atoms with van der Waals surface area (Å²) in [4.78, 5) is 4.03. The Morgan fingerprint density at radius 2 is 2.20 bits per heavy atom. The molecule has 15 heavy (non-hydrogen) atoms. The van der Waals surface area contributed by atoms with Gasteiger partial charge in [-0.1, -0.05) is 37.2 Å². The van der Waals surface area contributed by atoms with Crippen molar-refractivity contribution in [2.75, 3.05) is 0 Å². The quantitative estimate of drug-likeness (QED) is 0.768. The van der Waals surface area contributed by atoms with Gasteiger partial charge in [0.2, 0.25) is 12.2 Å². The van der Waals surface area contributed by atoms with Gasteiger partial charge < -0.3 is 4.52 Å². The van der Waals surface area contributed by atoms with E-state index >= 15 is 0 Å². The standard InChI is InChI=1S/C12H14N2O/c1-9(2)6-10-4-3-5-11(7-10)12-13-8-15-14-12/h3-5,7-9H,6H2,1-2H3. The first-order valence-corrected chi connectivity index (χ1v) is 5.11. The van der Waals surface area contributed by atoms with Crippen molar-refractivity contribution in [1.29, 1.82) is 0 Å². The van der Waals surface area contributed by atoms with Gasteiger partial charge in [-0.2, -0.15) is 4.98 Å². The molecule has 0 N–H and O–H groups in total. The first kappa shape index (κ1) is 9.90. The molecule has 0 spiro atoms. The number of aromatic nitrogens is 2. The fourth-order valence-electron chi connectivity index (χ4n) is 1.61. The lowest BCUT2D eigenvalue weighted by Crippen LogP contribution is -1.94. The van der Waals surface area contributed by atoms with Crippen LogP contribution in [0, 0.1) is 5.92 Å². The molecule has 78 valence electrons. The van der Waals surface area contributed by atoms with E-state index in [9.17, 15) is 0 Å². The molecule has 0 atom stereocenters. The molecular weight excluding hydrogens is 188 g/mol. The zero-order chi connectivity index (χ0) is 10.7. The van der Waals surface area contributed by atoms with Crippen molar-refractivity contribution in [3.8, 4) is 11.4 Å². The molecule has 0 radical (unpaired) electrons. The van der Waals surface area contributed by atoms with Crippen LogP contribution in [0.3, 0.4) is 0 Å². The summed E-state index contributed by atoms with van der Waals surface area (Å²) < 4.78 is 4.73. The highest BCUT2D eigenvalue weighted by Crippen LogP contribution is 2.17. The molecule has 0 saturated carbocycles. The van der Waals surface area contributed by atoms with Crippen molar-refractivity contribution >= 4 is 0 Å². The van der Waals surface area contributed by atoms with Gasteiger partial charge in [0.05, 0.1) is 0 Å². The highest BCUT2D eigenvalue weighted by Gasteiger charge is 2.04. The Bertz CT molecular complexity index is 421. The highest BCUT2D eigenvalue weighted by atomic mass is 16.5. The average Bonchev–Trinajstić information content (AvgIpc) is 2.69. The third-order valence-electron chi connectivity index (χ3n) is 2.19. The minimum Gasteiger partial charge on any atom is -0.342 e. The molecule has 1 aromatic heterocycles. The SMILES string of the molecule is CC(C)Cc1cccc(-c2ncon2)c1. The van der Waals surface area contributed by atoms with E-state index in [-0.39, 0.29) is 0 Å². The molecule has 1 aromatic carbocycles. The zero-order valence-corrected chi connectivity index (χ0v) is 8.97. The van der Waals surface area contributed by atoms with E-state index < -0.39 is 0 Å². The maximum absolute atomic E-state index is 4.73. The number of hydrogen-bond donors (Lipinski definition) is 0. The second kappa shape index (κ2) is 4.26.